The quantitative estimate of drug-likeness (QED) is 0.439. The Hall–Kier alpha value is -3.52. The molecule has 0 atom stereocenters. The van der Waals surface area contributed by atoms with Gasteiger partial charge in [0.1, 0.15) is 5.82 Å². The number of unbranched alkanes of at least 4 members (excludes halogenated alkanes) is 1. The van der Waals surface area contributed by atoms with Crippen molar-refractivity contribution >= 4 is 5.82 Å². The predicted molar refractivity (Wildman–Crippen MR) is 117 cm³/mol. The Labute approximate surface area is 175 Å². The lowest BCUT2D eigenvalue weighted by Gasteiger charge is -2.11. The standard InChI is InChI=1S/C22H25N7O/c1-28-10-8-20(27-28)19-14-24-21(26-22(19)23-9-3-4-11-30)17-7-5-6-16(12-17)18-13-25-29(2)15-18/h5-8,10,12-15,30H,3-4,9,11H2,1-2H3,(H,23,24,26). The average Bonchev–Trinajstić information content (AvgIpc) is 3.39. The van der Waals surface area contributed by atoms with Gasteiger partial charge in [-0.15, -0.1) is 0 Å². The Morgan fingerprint density at radius 1 is 1.00 bits per heavy atom. The molecular formula is C22H25N7O. The van der Waals surface area contributed by atoms with Gasteiger partial charge < -0.3 is 10.4 Å². The fourth-order valence-electron chi connectivity index (χ4n) is 3.25. The van der Waals surface area contributed by atoms with Gasteiger partial charge in [-0.25, -0.2) is 9.97 Å². The maximum absolute atomic E-state index is 9.04. The third kappa shape index (κ3) is 4.38. The average molecular weight is 403 g/mol. The van der Waals surface area contributed by atoms with Gasteiger partial charge in [0.2, 0.25) is 0 Å². The molecule has 0 fully saturated rings. The maximum atomic E-state index is 9.04. The second-order valence-electron chi connectivity index (χ2n) is 7.17. The maximum Gasteiger partial charge on any atom is 0.161 e. The predicted octanol–water partition coefficient (Wildman–Crippen LogP) is 3.13. The largest absolute Gasteiger partial charge is 0.396 e. The van der Waals surface area contributed by atoms with E-state index in [0.29, 0.717) is 12.4 Å². The van der Waals surface area contributed by atoms with Gasteiger partial charge in [0, 0.05) is 57.0 Å². The molecule has 2 N–H and O–H groups in total. The lowest BCUT2D eigenvalue weighted by Crippen LogP contribution is -2.07. The Morgan fingerprint density at radius 2 is 1.87 bits per heavy atom. The van der Waals surface area contributed by atoms with Crippen molar-refractivity contribution in [3.63, 3.8) is 0 Å². The van der Waals surface area contributed by atoms with Gasteiger partial charge in [0.05, 0.1) is 17.5 Å². The van der Waals surface area contributed by atoms with E-state index in [2.05, 4.69) is 32.6 Å². The fourth-order valence-corrected chi connectivity index (χ4v) is 3.25. The molecule has 0 amide bonds. The van der Waals surface area contributed by atoms with Gasteiger partial charge in [-0.3, -0.25) is 9.36 Å². The summed E-state index contributed by atoms with van der Waals surface area (Å²) in [5.41, 5.74) is 4.72. The highest BCUT2D eigenvalue weighted by atomic mass is 16.2. The molecule has 0 radical (unpaired) electrons. The molecule has 154 valence electrons. The van der Waals surface area contributed by atoms with Crippen molar-refractivity contribution in [1.29, 1.82) is 0 Å². The molecule has 8 heteroatoms. The van der Waals surface area contributed by atoms with E-state index in [-0.39, 0.29) is 6.61 Å². The summed E-state index contributed by atoms with van der Waals surface area (Å²) in [4.78, 5) is 9.43. The van der Waals surface area contributed by atoms with E-state index >= 15 is 0 Å². The number of anilines is 1. The summed E-state index contributed by atoms with van der Waals surface area (Å²) in [5, 5.41) is 21.2. The summed E-state index contributed by atoms with van der Waals surface area (Å²) in [5.74, 6) is 1.38. The smallest absolute Gasteiger partial charge is 0.161 e. The first kappa shape index (κ1) is 19.8. The summed E-state index contributed by atoms with van der Waals surface area (Å²) in [7, 11) is 3.79. The molecule has 0 aliphatic rings. The van der Waals surface area contributed by atoms with Crippen LogP contribution in [-0.4, -0.2) is 47.8 Å². The number of aliphatic hydroxyl groups is 1. The second kappa shape index (κ2) is 8.87. The highest BCUT2D eigenvalue weighted by Crippen LogP contribution is 2.29. The molecule has 4 rings (SSSR count). The number of aliphatic hydroxyl groups excluding tert-OH is 1. The topological polar surface area (TPSA) is 93.7 Å². The Balaban J connectivity index is 1.68. The minimum absolute atomic E-state index is 0.185. The van der Waals surface area contributed by atoms with Gasteiger partial charge in [-0.2, -0.15) is 10.2 Å². The summed E-state index contributed by atoms with van der Waals surface area (Å²) < 4.78 is 3.55. The number of benzene rings is 1. The molecule has 0 unspecified atom stereocenters. The molecule has 0 saturated heterocycles. The second-order valence-corrected chi connectivity index (χ2v) is 7.17. The Bertz CT molecular complexity index is 1130. The molecule has 1 aromatic carbocycles. The third-order valence-corrected chi connectivity index (χ3v) is 4.81. The van der Waals surface area contributed by atoms with E-state index in [9.17, 15) is 0 Å². The van der Waals surface area contributed by atoms with Crippen LogP contribution in [0.25, 0.3) is 33.8 Å². The Morgan fingerprint density at radius 3 is 2.60 bits per heavy atom. The summed E-state index contributed by atoms with van der Waals surface area (Å²) >= 11 is 0. The number of nitrogens with zero attached hydrogens (tertiary/aromatic N) is 6. The highest BCUT2D eigenvalue weighted by Gasteiger charge is 2.13. The number of rotatable bonds is 8. The Kier molecular flexibility index (Phi) is 5.85. The van der Waals surface area contributed by atoms with E-state index in [4.69, 9.17) is 10.1 Å². The first-order chi connectivity index (χ1) is 14.6. The van der Waals surface area contributed by atoms with Crippen molar-refractivity contribution in [3.05, 3.63) is 55.1 Å². The molecule has 3 aromatic heterocycles. The van der Waals surface area contributed by atoms with Crippen LogP contribution in [0.1, 0.15) is 12.8 Å². The molecule has 3 heterocycles. The number of nitrogens with one attached hydrogen (secondary N) is 1. The summed E-state index contributed by atoms with van der Waals surface area (Å²) in [6.45, 7) is 0.900. The lowest BCUT2D eigenvalue weighted by molar-refractivity contribution is 0.286. The number of aromatic nitrogens is 6. The zero-order valence-electron chi connectivity index (χ0n) is 17.2. The van der Waals surface area contributed by atoms with Crippen molar-refractivity contribution in [1.82, 2.24) is 29.5 Å². The SMILES string of the molecule is Cn1cc(-c2cccc(-c3ncc(-c4ccn(C)n4)c(NCCCCO)n3)c2)cn1. The van der Waals surface area contributed by atoms with Crippen molar-refractivity contribution in [3.8, 4) is 33.8 Å². The van der Waals surface area contributed by atoms with Crippen LogP contribution in [0.2, 0.25) is 0 Å². The molecule has 0 bridgehead atoms. The van der Waals surface area contributed by atoms with E-state index in [1.807, 2.05) is 57.1 Å². The van der Waals surface area contributed by atoms with Crippen LogP contribution in [0, 0.1) is 0 Å². The number of aryl methyl sites for hydroxylation is 2. The molecule has 0 aliphatic carbocycles. The van der Waals surface area contributed by atoms with Crippen LogP contribution in [0.15, 0.2) is 55.1 Å². The van der Waals surface area contributed by atoms with Crippen LogP contribution >= 0.6 is 0 Å². The molecule has 0 aliphatic heterocycles. The normalized spacial score (nSPS) is 11.0. The molecule has 8 nitrogen and oxygen atoms in total. The van der Waals surface area contributed by atoms with Crippen molar-refractivity contribution in [2.75, 3.05) is 18.5 Å². The van der Waals surface area contributed by atoms with E-state index < -0.39 is 0 Å². The minimum Gasteiger partial charge on any atom is -0.396 e. The van der Waals surface area contributed by atoms with E-state index in [1.54, 1.807) is 9.36 Å². The van der Waals surface area contributed by atoms with Gasteiger partial charge in [0.25, 0.3) is 0 Å². The van der Waals surface area contributed by atoms with Gasteiger partial charge >= 0.3 is 0 Å². The van der Waals surface area contributed by atoms with Crippen LogP contribution in [0.5, 0.6) is 0 Å². The zero-order valence-corrected chi connectivity index (χ0v) is 17.2. The lowest BCUT2D eigenvalue weighted by atomic mass is 10.1. The number of hydrogen-bond donors (Lipinski definition) is 2. The van der Waals surface area contributed by atoms with Gasteiger partial charge in [-0.05, 0) is 30.5 Å². The molecule has 4 aromatic rings. The first-order valence-corrected chi connectivity index (χ1v) is 9.95. The highest BCUT2D eigenvalue weighted by molar-refractivity contribution is 5.75. The molecule has 0 spiro atoms. The fraction of sp³-hybridized carbons (Fsp3) is 0.273. The molecular weight excluding hydrogens is 378 g/mol. The minimum atomic E-state index is 0.185. The van der Waals surface area contributed by atoms with E-state index in [0.717, 1.165) is 46.6 Å². The van der Waals surface area contributed by atoms with Crippen LogP contribution in [0.3, 0.4) is 0 Å². The van der Waals surface area contributed by atoms with Crippen LogP contribution in [0.4, 0.5) is 5.82 Å². The number of hydrogen-bond acceptors (Lipinski definition) is 6. The van der Waals surface area contributed by atoms with Crippen LogP contribution in [-0.2, 0) is 14.1 Å². The van der Waals surface area contributed by atoms with Crippen molar-refractivity contribution in [2.45, 2.75) is 12.8 Å². The van der Waals surface area contributed by atoms with E-state index in [1.165, 1.54) is 0 Å². The zero-order chi connectivity index (χ0) is 20.9. The van der Waals surface area contributed by atoms with Crippen molar-refractivity contribution in [2.24, 2.45) is 14.1 Å². The monoisotopic (exact) mass is 403 g/mol. The van der Waals surface area contributed by atoms with Gasteiger partial charge in [0.15, 0.2) is 5.82 Å². The first-order valence-electron chi connectivity index (χ1n) is 9.95. The van der Waals surface area contributed by atoms with Crippen molar-refractivity contribution < 1.29 is 5.11 Å². The van der Waals surface area contributed by atoms with Crippen LogP contribution < -0.4 is 5.32 Å². The summed E-state index contributed by atoms with van der Waals surface area (Å²) in [6, 6.07) is 10.1. The molecule has 30 heavy (non-hydrogen) atoms. The molecule has 0 saturated carbocycles. The third-order valence-electron chi connectivity index (χ3n) is 4.81. The summed E-state index contributed by atoms with van der Waals surface area (Å²) in [6.07, 6.45) is 9.15. The van der Waals surface area contributed by atoms with Gasteiger partial charge in [-0.1, -0.05) is 18.2 Å².